The van der Waals surface area contributed by atoms with Gasteiger partial charge in [0.1, 0.15) is 48.4 Å². The number of carbonyl (C=O) groups is 3. The lowest BCUT2D eigenvalue weighted by atomic mass is 9.94. The lowest BCUT2D eigenvalue weighted by Crippen LogP contribution is -2.67. The molecule has 6 rings (SSSR count). The first-order valence-corrected chi connectivity index (χ1v) is 17.8. The van der Waals surface area contributed by atoms with Crippen molar-refractivity contribution in [3.8, 4) is 11.1 Å². The molecule has 0 spiro atoms. The van der Waals surface area contributed by atoms with E-state index in [0.29, 0.717) is 24.0 Å². The number of aromatic amines is 1. The van der Waals surface area contributed by atoms with Gasteiger partial charge >= 0.3 is 12.2 Å². The number of nitrogens with one attached hydrogen (secondary N) is 5. The molecule has 2 aliphatic rings. The highest BCUT2D eigenvalue weighted by atomic mass is 16.6. The van der Waals surface area contributed by atoms with Gasteiger partial charge < -0.3 is 55.8 Å². The van der Waals surface area contributed by atoms with Crippen LogP contribution in [-0.2, 0) is 19.0 Å². The number of fused-ring (bicyclic) bond motifs is 4. The Morgan fingerprint density at radius 1 is 0.944 bits per heavy atom. The Hall–Kier alpha value is -5.36. The summed E-state index contributed by atoms with van der Waals surface area (Å²) >= 11 is 0. The Labute approximate surface area is 311 Å². The number of rotatable bonds is 13. The van der Waals surface area contributed by atoms with Crippen LogP contribution in [0.4, 0.5) is 15.4 Å². The molecule has 17 heteroatoms. The Morgan fingerprint density at radius 3 is 2.33 bits per heavy atom. The maximum Gasteiger partial charge on any atom is 0.408 e. The lowest BCUT2D eigenvalue weighted by Gasteiger charge is -2.43. The van der Waals surface area contributed by atoms with E-state index in [-0.39, 0.29) is 31.3 Å². The largest absolute Gasteiger partial charge is 0.449 e. The fraction of sp³-hybridized carbons (Fsp3) is 0.459. The number of anilines is 1. The fourth-order valence-electron chi connectivity index (χ4n) is 6.73. The monoisotopic (exact) mass is 746 g/mol. The Kier molecular flexibility index (Phi) is 11.9. The first-order chi connectivity index (χ1) is 25.9. The third kappa shape index (κ3) is 8.87. The highest BCUT2D eigenvalue weighted by Gasteiger charge is 2.46. The molecule has 4 aromatic rings. The van der Waals surface area contributed by atoms with Gasteiger partial charge in [-0.1, -0.05) is 48.5 Å². The molecule has 3 heterocycles. The molecule has 1 aliphatic heterocycles. The van der Waals surface area contributed by atoms with Crippen LogP contribution in [0.15, 0.2) is 61.2 Å². The number of alkyl carbamates (subject to hydrolysis) is 2. The van der Waals surface area contributed by atoms with Crippen LogP contribution in [0.3, 0.4) is 0 Å². The molecule has 3 amide bonds. The van der Waals surface area contributed by atoms with Crippen LogP contribution in [0, 0.1) is 0 Å². The van der Waals surface area contributed by atoms with Crippen molar-refractivity contribution in [2.24, 2.45) is 0 Å². The Morgan fingerprint density at radius 2 is 1.65 bits per heavy atom. The maximum atomic E-state index is 13.6. The number of amides is 3. The smallest absolute Gasteiger partial charge is 0.408 e. The second kappa shape index (κ2) is 16.8. The number of imidazole rings is 1. The van der Waals surface area contributed by atoms with E-state index in [0.717, 1.165) is 22.3 Å². The van der Waals surface area contributed by atoms with E-state index in [4.69, 9.17) is 14.2 Å². The molecule has 54 heavy (non-hydrogen) atoms. The summed E-state index contributed by atoms with van der Waals surface area (Å²) in [5.41, 5.74) is 4.42. The summed E-state index contributed by atoms with van der Waals surface area (Å²) in [6.45, 7) is 4.85. The van der Waals surface area contributed by atoms with Crippen molar-refractivity contribution < 1.29 is 43.9 Å². The van der Waals surface area contributed by atoms with Crippen LogP contribution in [0.5, 0.6) is 0 Å². The predicted octanol–water partition coefficient (Wildman–Crippen LogP) is 2.29. The molecule has 1 saturated heterocycles. The number of aliphatic hydroxyl groups excluding tert-OH is 3. The Balaban J connectivity index is 1.02. The molecular weight excluding hydrogens is 700 g/mol. The molecule has 0 bridgehead atoms. The summed E-state index contributed by atoms with van der Waals surface area (Å²) in [5.74, 6) is -0.540. The molecule has 288 valence electrons. The van der Waals surface area contributed by atoms with Crippen molar-refractivity contribution in [3.05, 3.63) is 72.3 Å². The van der Waals surface area contributed by atoms with Crippen LogP contribution in [0.25, 0.3) is 22.3 Å². The van der Waals surface area contributed by atoms with Gasteiger partial charge in [-0.15, -0.1) is 0 Å². The van der Waals surface area contributed by atoms with Crippen molar-refractivity contribution >= 4 is 35.1 Å². The van der Waals surface area contributed by atoms with Crippen LogP contribution < -0.4 is 21.3 Å². The van der Waals surface area contributed by atoms with E-state index in [2.05, 4.69) is 53.3 Å². The number of hydrogen-bond donors (Lipinski definition) is 8. The quantitative estimate of drug-likeness (QED) is 0.0918. The van der Waals surface area contributed by atoms with Crippen LogP contribution in [0.1, 0.15) is 57.1 Å². The summed E-state index contributed by atoms with van der Waals surface area (Å²) in [4.78, 5) is 54.1. The minimum absolute atomic E-state index is 0.0745. The van der Waals surface area contributed by atoms with Gasteiger partial charge in [-0.2, -0.15) is 0 Å². The number of nitrogens with zero attached hydrogens (tertiary/aromatic N) is 3. The molecule has 0 radical (unpaired) electrons. The van der Waals surface area contributed by atoms with Gasteiger partial charge in [-0.05, 0) is 62.3 Å². The summed E-state index contributed by atoms with van der Waals surface area (Å²) in [6.07, 6.45) is -3.33. The third-order valence-electron chi connectivity index (χ3n) is 9.28. The van der Waals surface area contributed by atoms with E-state index >= 15 is 0 Å². The van der Waals surface area contributed by atoms with Crippen molar-refractivity contribution in [2.75, 3.05) is 25.1 Å². The van der Waals surface area contributed by atoms with Gasteiger partial charge in [-0.25, -0.2) is 24.5 Å². The molecule has 0 unspecified atom stereocenters. The molecule has 2 aromatic heterocycles. The second-order valence-electron chi connectivity index (χ2n) is 14.2. The summed E-state index contributed by atoms with van der Waals surface area (Å²) in [5, 5.41) is 43.1. The van der Waals surface area contributed by atoms with Gasteiger partial charge in [0.25, 0.3) is 0 Å². The van der Waals surface area contributed by atoms with Crippen LogP contribution >= 0.6 is 0 Å². The number of unbranched alkanes of at least 4 members (excludes halogenated alkanes) is 1. The molecule has 1 aliphatic carbocycles. The molecule has 0 saturated carbocycles. The van der Waals surface area contributed by atoms with Gasteiger partial charge in [-0.3, -0.25) is 4.79 Å². The van der Waals surface area contributed by atoms with Crippen molar-refractivity contribution in [1.82, 2.24) is 35.9 Å². The maximum absolute atomic E-state index is 13.6. The minimum Gasteiger partial charge on any atom is -0.449 e. The topological polar surface area (TPSA) is 242 Å². The summed E-state index contributed by atoms with van der Waals surface area (Å²) in [6, 6.07) is 13.7. The van der Waals surface area contributed by atoms with Gasteiger partial charge in [0.05, 0.1) is 19.0 Å². The number of benzene rings is 2. The number of ether oxygens (including phenoxy) is 3. The second-order valence-corrected chi connectivity index (χ2v) is 14.2. The average molecular weight is 747 g/mol. The molecule has 1 fully saturated rings. The fourth-order valence-corrected chi connectivity index (χ4v) is 6.73. The first kappa shape index (κ1) is 38.4. The standard InChI is InChI=1S/C37H46N8O9/c1-37(2,3)54-36(51)43-25(14-8-9-15-38-35(50)52-17-24-22-12-6-4-10-20(22)21-11-5-7-13-23(21)24)33(49)44-27-26(16-46)53-34(30(48)29(27)47)45-32-28-31(40-18-39-28)41-19-42-32/h4-7,10-13,18-19,24-27,29-30,34,46-48H,8-9,14-17H2,1-3H3,(H,38,50)(H,43,51)(H,44,49)(H2,39,40,41,42,45)/t25-,26+,27+,29-,30+,34+/m1/s1. The van der Waals surface area contributed by atoms with Crippen molar-refractivity contribution in [2.45, 2.75) is 88.2 Å². The number of aromatic nitrogens is 4. The van der Waals surface area contributed by atoms with E-state index in [9.17, 15) is 29.7 Å². The van der Waals surface area contributed by atoms with E-state index in [1.807, 2.05) is 36.4 Å². The lowest BCUT2D eigenvalue weighted by molar-refractivity contribution is -0.185. The first-order valence-electron chi connectivity index (χ1n) is 17.8. The average Bonchev–Trinajstić information content (AvgIpc) is 3.76. The number of H-pyrrole nitrogens is 1. The molecule has 2 aromatic carbocycles. The number of carbonyl (C=O) groups excluding carboxylic acids is 3. The molecule has 8 N–H and O–H groups in total. The predicted molar refractivity (Wildman–Crippen MR) is 195 cm³/mol. The number of aliphatic hydroxyl groups is 3. The van der Waals surface area contributed by atoms with E-state index in [1.54, 1.807) is 20.8 Å². The highest BCUT2D eigenvalue weighted by Crippen LogP contribution is 2.44. The molecule has 6 atom stereocenters. The minimum atomic E-state index is -1.60. The van der Waals surface area contributed by atoms with Crippen molar-refractivity contribution in [3.63, 3.8) is 0 Å². The van der Waals surface area contributed by atoms with Crippen LogP contribution in [-0.4, -0.2) is 115 Å². The molecule has 17 nitrogen and oxygen atoms in total. The normalized spacial score (nSPS) is 21.4. The van der Waals surface area contributed by atoms with Gasteiger partial charge in [0, 0.05) is 12.5 Å². The van der Waals surface area contributed by atoms with Crippen LogP contribution in [0.2, 0.25) is 0 Å². The molecular formula is C37H46N8O9. The third-order valence-corrected chi connectivity index (χ3v) is 9.28. The summed E-state index contributed by atoms with van der Waals surface area (Å²) in [7, 11) is 0. The highest BCUT2D eigenvalue weighted by molar-refractivity contribution is 5.86. The van der Waals surface area contributed by atoms with Gasteiger partial charge in [0.2, 0.25) is 5.91 Å². The van der Waals surface area contributed by atoms with E-state index < -0.39 is 66.9 Å². The zero-order valence-corrected chi connectivity index (χ0v) is 30.2. The SMILES string of the molecule is CC(C)(C)OC(=O)N[C@H](CCCCNC(=O)OCC1c2ccccc2-c2ccccc21)C(=O)N[C@@H]1[C@@H](O)[C@H](O)[C@@H](Nc2ncnc3nc[nH]c23)O[C@H]1CO. The van der Waals surface area contributed by atoms with Crippen molar-refractivity contribution in [1.29, 1.82) is 0 Å². The van der Waals surface area contributed by atoms with E-state index in [1.165, 1.54) is 12.7 Å². The zero-order valence-electron chi connectivity index (χ0n) is 30.2. The zero-order chi connectivity index (χ0) is 38.4. The number of hydrogen-bond acceptors (Lipinski definition) is 13. The summed E-state index contributed by atoms with van der Waals surface area (Å²) < 4.78 is 16.8. The van der Waals surface area contributed by atoms with Gasteiger partial charge in [0.15, 0.2) is 17.7 Å². The Bertz CT molecular complexity index is 1890.